The molecule has 1 atom stereocenters. The van der Waals surface area contributed by atoms with Gasteiger partial charge in [-0.2, -0.15) is 5.10 Å². The summed E-state index contributed by atoms with van der Waals surface area (Å²) < 4.78 is 5.65. The molecule has 2 saturated heterocycles. The molecular weight excluding hydrogens is 348 g/mol. The second-order valence-corrected chi connectivity index (χ2v) is 6.20. The van der Waals surface area contributed by atoms with E-state index in [1.165, 1.54) is 5.01 Å². The van der Waals surface area contributed by atoms with E-state index in [0.717, 1.165) is 31.6 Å². The number of benzene rings is 1. The van der Waals surface area contributed by atoms with Gasteiger partial charge in [-0.05, 0) is 18.9 Å². The summed E-state index contributed by atoms with van der Waals surface area (Å²) in [6.07, 6.45) is 3.84. The zero-order valence-electron chi connectivity index (χ0n) is 13.5. The molecule has 0 saturated carbocycles. The van der Waals surface area contributed by atoms with Gasteiger partial charge in [-0.15, -0.1) is 0 Å². The molecule has 1 unspecified atom stereocenters. The number of rotatable bonds is 5. The van der Waals surface area contributed by atoms with Gasteiger partial charge in [0.25, 0.3) is 5.96 Å². The lowest BCUT2D eigenvalue weighted by Crippen LogP contribution is -2.56. The number of hydrazone groups is 2. The van der Waals surface area contributed by atoms with E-state index in [9.17, 15) is 10.1 Å². The Balaban J connectivity index is 1.72. The molecule has 1 aromatic rings. The molecule has 0 aromatic heterocycles. The largest absolute Gasteiger partial charge is 0.377 e. The summed E-state index contributed by atoms with van der Waals surface area (Å²) in [4.78, 5) is 12.8. The highest BCUT2D eigenvalue weighted by Gasteiger charge is 2.27. The molecule has 2 aliphatic rings. The highest BCUT2D eigenvalue weighted by Crippen LogP contribution is 2.15. The molecule has 10 heteroatoms. The number of nitrogens with one attached hydrogen (secondary N) is 1. The van der Waals surface area contributed by atoms with E-state index in [0.29, 0.717) is 18.4 Å². The van der Waals surface area contributed by atoms with Crippen molar-refractivity contribution in [2.45, 2.75) is 18.9 Å². The van der Waals surface area contributed by atoms with E-state index in [1.807, 2.05) is 18.2 Å². The molecule has 2 aliphatic heterocycles. The maximum atomic E-state index is 10.7. The van der Waals surface area contributed by atoms with Gasteiger partial charge in [0.05, 0.1) is 25.7 Å². The van der Waals surface area contributed by atoms with Gasteiger partial charge in [-0.3, -0.25) is 4.90 Å². The van der Waals surface area contributed by atoms with Crippen molar-refractivity contribution in [1.82, 2.24) is 15.2 Å². The minimum Gasteiger partial charge on any atom is -0.377 e. The molecule has 1 N–H and O–H groups in total. The fourth-order valence-electron chi connectivity index (χ4n) is 2.75. The molecule has 1 aromatic carbocycles. The van der Waals surface area contributed by atoms with Crippen LogP contribution in [-0.2, 0) is 4.74 Å². The van der Waals surface area contributed by atoms with E-state index in [1.54, 1.807) is 12.3 Å². The van der Waals surface area contributed by atoms with Crippen LogP contribution in [0.5, 0.6) is 0 Å². The molecule has 0 aliphatic carbocycles. The van der Waals surface area contributed by atoms with Crippen LogP contribution in [0.4, 0.5) is 0 Å². The minimum absolute atomic E-state index is 0.0943. The minimum atomic E-state index is -0.740. The van der Waals surface area contributed by atoms with Gasteiger partial charge in [-0.1, -0.05) is 29.8 Å². The smallest absolute Gasteiger partial charge is 0.294 e. The van der Waals surface area contributed by atoms with Crippen LogP contribution < -0.4 is 5.32 Å². The molecule has 0 amide bonds. The first-order chi connectivity index (χ1) is 12.1. The maximum Gasteiger partial charge on any atom is 0.294 e. The Hall–Kier alpha value is -2.23. The van der Waals surface area contributed by atoms with Gasteiger partial charge in [0.1, 0.15) is 5.10 Å². The van der Waals surface area contributed by atoms with Crippen LogP contribution in [0, 0.1) is 10.1 Å². The van der Waals surface area contributed by atoms with Crippen molar-refractivity contribution in [3.63, 3.8) is 0 Å². The molecule has 0 radical (unpaired) electrons. The monoisotopic (exact) mass is 366 g/mol. The lowest BCUT2D eigenvalue weighted by Gasteiger charge is -2.35. The third kappa shape index (κ3) is 4.88. The van der Waals surface area contributed by atoms with Crippen molar-refractivity contribution in [2.75, 3.05) is 26.5 Å². The van der Waals surface area contributed by atoms with Crippen molar-refractivity contribution in [3.8, 4) is 0 Å². The summed E-state index contributed by atoms with van der Waals surface area (Å²) in [5.74, 6) is 0.0943. The van der Waals surface area contributed by atoms with Crippen LogP contribution in [-0.4, -0.2) is 59.7 Å². The first-order valence-corrected chi connectivity index (χ1v) is 8.36. The molecule has 2 heterocycles. The van der Waals surface area contributed by atoms with Gasteiger partial charge in [0.2, 0.25) is 0 Å². The second-order valence-electron chi connectivity index (χ2n) is 5.79. The van der Waals surface area contributed by atoms with Crippen LogP contribution in [0.1, 0.15) is 18.4 Å². The molecule has 0 spiro atoms. The van der Waals surface area contributed by atoms with Gasteiger partial charge in [0, 0.05) is 23.7 Å². The number of hydrogen-bond donors (Lipinski definition) is 1. The zero-order chi connectivity index (χ0) is 17.6. The summed E-state index contributed by atoms with van der Waals surface area (Å²) in [6.45, 7) is 2.34. The Bertz CT molecular complexity index is 677. The van der Waals surface area contributed by atoms with Gasteiger partial charge in [0.15, 0.2) is 5.03 Å². The van der Waals surface area contributed by atoms with Gasteiger partial charge >= 0.3 is 0 Å². The normalized spacial score (nSPS) is 23.3. The van der Waals surface area contributed by atoms with Crippen LogP contribution in [0.15, 0.2) is 34.5 Å². The standard InChI is InChI=1S/C15H19ClN6O3/c16-14-6-2-1-4-12(14)8-18-21-11-20(9-13-5-3-7-25-13)10-17-15(21)19-22(23)24/h1-2,4,6,8,13H,3,5,7,9-11H2,(H,17,19)/b18-8+. The number of halogens is 1. The van der Waals surface area contributed by atoms with Crippen molar-refractivity contribution in [2.24, 2.45) is 10.2 Å². The second kappa shape index (κ2) is 8.24. The van der Waals surface area contributed by atoms with Crippen molar-refractivity contribution < 1.29 is 9.77 Å². The Morgan fingerprint density at radius 1 is 1.48 bits per heavy atom. The van der Waals surface area contributed by atoms with E-state index >= 15 is 0 Å². The van der Waals surface area contributed by atoms with E-state index in [-0.39, 0.29) is 12.1 Å². The number of ether oxygens (including phenoxy) is 1. The molecular formula is C15H19ClN6O3. The highest BCUT2D eigenvalue weighted by molar-refractivity contribution is 6.33. The van der Waals surface area contributed by atoms with Crippen molar-refractivity contribution in [3.05, 3.63) is 45.0 Å². The predicted octanol–water partition coefficient (Wildman–Crippen LogP) is 1.52. The predicted molar refractivity (Wildman–Crippen MR) is 93.9 cm³/mol. The third-order valence-electron chi connectivity index (χ3n) is 3.94. The molecule has 9 nitrogen and oxygen atoms in total. The zero-order valence-corrected chi connectivity index (χ0v) is 14.3. The van der Waals surface area contributed by atoms with Gasteiger partial charge in [-0.25, -0.2) is 15.1 Å². The summed E-state index contributed by atoms with van der Waals surface area (Å²) >= 11 is 6.11. The molecule has 2 fully saturated rings. The summed E-state index contributed by atoms with van der Waals surface area (Å²) in [6, 6.07) is 7.24. The third-order valence-corrected chi connectivity index (χ3v) is 4.29. The quantitative estimate of drug-likeness (QED) is 0.482. The molecule has 0 bridgehead atoms. The fourth-order valence-corrected chi connectivity index (χ4v) is 2.93. The summed E-state index contributed by atoms with van der Waals surface area (Å²) in [5.41, 5.74) is 0.723. The average molecular weight is 367 g/mol. The lowest BCUT2D eigenvalue weighted by molar-refractivity contribution is -0.486. The Morgan fingerprint density at radius 3 is 3.04 bits per heavy atom. The van der Waals surface area contributed by atoms with Crippen LogP contribution in [0.25, 0.3) is 0 Å². The van der Waals surface area contributed by atoms with E-state index in [4.69, 9.17) is 16.3 Å². The number of hydrogen-bond acceptors (Lipinski definition) is 5. The first kappa shape index (κ1) is 17.6. The topological polar surface area (TPSA) is 95.6 Å². The molecule has 3 rings (SSSR count). The lowest BCUT2D eigenvalue weighted by atomic mass is 10.2. The first-order valence-electron chi connectivity index (χ1n) is 7.98. The average Bonchev–Trinajstić information content (AvgIpc) is 3.08. The summed E-state index contributed by atoms with van der Waals surface area (Å²) in [7, 11) is 0. The van der Waals surface area contributed by atoms with Crippen molar-refractivity contribution in [1.29, 1.82) is 0 Å². The summed E-state index contributed by atoms with van der Waals surface area (Å²) in [5, 5.41) is 22.6. The highest BCUT2D eigenvalue weighted by atomic mass is 35.5. The fraction of sp³-hybridized carbons (Fsp3) is 0.467. The SMILES string of the molecule is O=[N+]([O-])/N=C1\NCN(CC2CCCO2)CN1/N=C/c1ccccc1Cl. The van der Waals surface area contributed by atoms with Crippen molar-refractivity contribution >= 4 is 23.8 Å². The van der Waals surface area contributed by atoms with E-state index in [2.05, 4.69) is 20.4 Å². The van der Waals surface area contributed by atoms with E-state index < -0.39 is 5.03 Å². The van der Waals surface area contributed by atoms with Crippen LogP contribution in [0.3, 0.4) is 0 Å². The Kier molecular flexibility index (Phi) is 5.79. The Labute approximate surface area is 150 Å². The van der Waals surface area contributed by atoms with Crippen LogP contribution in [0.2, 0.25) is 5.02 Å². The van der Waals surface area contributed by atoms with Crippen LogP contribution >= 0.6 is 11.6 Å². The maximum absolute atomic E-state index is 10.7. The molecule has 134 valence electrons. The number of nitro groups is 1. The molecule has 25 heavy (non-hydrogen) atoms. The van der Waals surface area contributed by atoms with Gasteiger partial charge < -0.3 is 10.1 Å². The number of guanidine groups is 1. The Morgan fingerprint density at radius 2 is 2.32 bits per heavy atom. The number of nitrogens with zero attached hydrogens (tertiary/aromatic N) is 5.